The van der Waals surface area contributed by atoms with Gasteiger partial charge in [0.25, 0.3) is 0 Å². The molecule has 0 aliphatic rings. The Hall–Kier alpha value is -2.63. The number of aromatic nitrogens is 2. The van der Waals surface area contributed by atoms with Gasteiger partial charge in [0.05, 0.1) is 22.5 Å². The van der Waals surface area contributed by atoms with E-state index in [2.05, 4.69) is 9.97 Å². The highest BCUT2D eigenvalue weighted by Gasteiger charge is 2.33. The lowest BCUT2D eigenvalue weighted by molar-refractivity contribution is -0.136. The van der Waals surface area contributed by atoms with Crippen LogP contribution >= 0.6 is 0 Å². The monoisotopic (exact) mass is 304 g/mol. The number of phenolic OH excluding ortho intramolecular Hbond substituents is 1. The molecule has 0 bridgehead atoms. The molecule has 0 amide bonds. The van der Waals surface area contributed by atoms with Crippen LogP contribution < -0.4 is 0 Å². The number of nitrogens with zero attached hydrogens (tertiary/aromatic N) is 2. The molecule has 1 aromatic heterocycles. The summed E-state index contributed by atoms with van der Waals surface area (Å²) in [5, 5.41) is 9.53. The van der Waals surface area contributed by atoms with Gasteiger partial charge in [-0.15, -0.1) is 0 Å². The summed E-state index contributed by atoms with van der Waals surface area (Å²) in [7, 11) is 0. The molecule has 0 aliphatic heterocycles. The van der Waals surface area contributed by atoms with Crippen molar-refractivity contribution in [3.8, 4) is 17.0 Å². The van der Waals surface area contributed by atoms with Gasteiger partial charge in [0.1, 0.15) is 11.3 Å². The Morgan fingerprint density at radius 2 is 1.73 bits per heavy atom. The fraction of sp³-hybridized carbons (Fsp3) is 0.125. The zero-order valence-corrected chi connectivity index (χ0v) is 11.5. The van der Waals surface area contributed by atoms with E-state index < -0.39 is 11.7 Å². The minimum Gasteiger partial charge on any atom is -0.508 e. The van der Waals surface area contributed by atoms with Crippen molar-refractivity contribution in [1.82, 2.24) is 9.97 Å². The van der Waals surface area contributed by atoms with Gasteiger partial charge in [-0.2, -0.15) is 13.2 Å². The van der Waals surface area contributed by atoms with Crippen LogP contribution in [0.15, 0.2) is 42.5 Å². The topological polar surface area (TPSA) is 46.0 Å². The molecule has 6 heteroatoms. The summed E-state index contributed by atoms with van der Waals surface area (Å²) in [6.07, 6.45) is -4.50. The van der Waals surface area contributed by atoms with Crippen molar-refractivity contribution >= 4 is 11.0 Å². The lowest BCUT2D eigenvalue weighted by Crippen LogP contribution is -2.08. The Labute approximate surface area is 124 Å². The molecule has 0 aliphatic carbocycles. The average molecular weight is 304 g/mol. The molecule has 1 N–H and O–H groups in total. The highest BCUT2D eigenvalue weighted by Crippen LogP contribution is 2.35. The van der Waals surface area contributed by atoms with E-state index in [9.17, 15) is 18.3 Å². The number of phenols is 1. The number of aryl methyl sites for hydroxylation is 1. The van der Waals surface area contributed by atoms with Crippen molar-refractivity contribution in [2.24, 2.45) is 0 Å². The van der Waals surface area contributed by atoms with Crippen LogP contribution in [0.25, 0.3) is 22.3 Å². The Morgan fingerprint density at radius 3 is 2.41 bits per heavy atom. The van der Waals surface area contributed by atoms with E-state index >= 15 is 0 Å². The molecule has 3 aromatic rings. The smallest absolute Gasteiger partial charge is 0.418 e. The first kappa shape index (κ1) is 14.3. The molecule has 0 saturated heterocycles. The number of alkyl halides is 3. The summed E-state index contributed by atoms with van der Waals surface area (Å²) < 4.78 is 39.3. The Balaban J connectivity index is 2.31. The van der Waals surface area contributed by atoms with Gasteiger partial charge in [0.15, 0.2) is 0 Å². The molecule has 112 valence electrons. The molecular formula is C16H11F3N2O. The van der Waals surface area contributed by atoms with Crippen molar-refractivity contribution in [3.63, 3.8) is 0 Å². The average Bonchev–Trinajstić information content (AvgIpc) is 2.44. The number of rotatable bonds is 1. The first-order valence-electron chi connectivity index (χ1n) is 6.50. The molecule has 22 heavy (non-hydrogen) atoms. The molecule has 3 nitrogen and oxygen atoms in total. The minimum absolute atomic E-state index is 0.0166. The Morgan fingerprint density at radius 1 is 1.00 bits per heavy atom. The summed E-state index contributed by atoms with van der Waals surface area (Å²) in [5.41, 5.74) is 0.510. The third-order valence-corrected chi connectivity index (χ3v) is 3.29. The van der Waals surface area contributed by atoms with Gasteiger partial charge in [-0.1, -0.05) is 18.2 Å². The second kappa shape index (κ2) is 4.98. The highest BCUT2D eigenvalue weighted by molar-refractivity contribution is 5.82. The van der Waals surface area contributed by atoms with Crippen molar-refractivity contribution in [2.75, 3.05) is 0 Å². The quantitative estimate of drug-likeness (QED) is 0.728. The maximum Gasteiger partial charge on any atom is 0.418 e. The second-order valence-corrected chi connectivity index (χ2v) is 4.88. The van der Waals surface area contributed by atoms with Crippen LogP contribution in [-0.2, 0) is 6.18 Å². The van der Waals surface area contributed by atoms with Gasteiger partial charge in [-0.05, 0) is 31.2 Å². The molecule has 0 unspecified atom stereocenters. The largest absolute Gasteiger partial charge is 0.508 e. The second-order valence-electron chi connectivity index (χ2n) is 4.88. The van der Waals surface area contributed by atoms with Gasteiger partial charge in [0, 0.05) is 5.56 Å². The van der Waals surface area contributed by atoms with Crippen molar-refractivity contribution < 1.29 is 18.3 Å². The number of benzene rings is 2. The molecule has 1 heterocycles. The van der Waals surface area contributed by atoms with Crippen LogP contribution in [0, 0.1) is 6.92 Å². The molecule has 0 saturated carbocycles. The number of halogens is 3. The van der Waals surface area contributed by atoms with Crippen LogP contribution in [0.5, 0.6) is 5.75 Å². The first-order chi connectivity index (χ1) is 10.4. The summed E-state index contributed by atoms with van der Waals surface area (Å²) >= 11 is 0. The summed E-state index contributed by atoms with van der Waals surface area (Å²) in [6.45, 7) is 1.67. The van der Waals surface area contributed by atoms with Gasteiger partial charge in [-0.3, -0.25) is 0 Å². The third-order valence-electron chi connectivity index (χ3n) is 3.29. The standard InChI is InChI=1S/C16H11F3N2O/c1-9-14(10-4-2-5-11(22)8-10)21-15-12(16(17,18)19)6-3-7-13(15)20-9/h2-8,22H,1H3. The van der Waals surface area contributed by atoms with Crippen molar-refractivity contribution in [1.29, 1.82) is 0 Å². The van der Waals surface area contributed by atoms with E-state index in [1.54, 1.807) is 19.1 Å². The van der Waals surface area contributed by atoms with Crippen LogP contribution in [0.1, 0.15) is 11.3 Å². The molecule has 0 spiro atoms. The van der Waals surface area contributed by atoms with E-state index in [0.717, 1.165) is 6.07 Å². The lowest BCUT2D eigenvalue weighted by Gasteiger charge is -2.12. The van der Waals surface area contributed by atoms with E-state index in [4.69, 9.17) is 0 Å². The first-order valence-corrected chi connectivity index (χ1v) is 6.50. The number of hydrogen-bond acceptors (Lipinski definition) is 3. The number of aromatic hydroxyl groups is 1. The SMILES string of the molecule is Cc1nc2cccc(C(F)(F)F)c2nc1-c1cccc(O)c1. The fourth-order valence-electron chi connectivity index (χ4n) is 2.32. The lowest BCUT2D eigenvalue weighted by atomic mass is 10.1. The number of hydrogen-bond donors (Lipinski definition) is 1. The Bertz CT molecular complexity index is 860. The number of para-hydroxylation sites is 1. The maximum atomic E-state index is 13.1. The molecule has 3 rings (SSSR count). The normalized spacial score (nSPS) is 11.8. The fourth-order valence-corrected chi connectivity index (χ4v) is 2.32. The summed E-state index contributed by atoms with van der Waals surface area (Å²) in [4.78, 5) is 8.37. The molecule has 2 aromatic carbocycles. The zero-order chi connectivity index (χ0) is 15.9. The van der Waals surface area contributed by atoms with Crippen LogP contribution in [0.3, 0.4) is 0 Å². The van der Waals surface area contributed by atoms with Crippen LogP contribution in [0.2, 0.25) is 0 Å². The van der Waals surface area contributed by atoms with Gasteiger partial charge in [-0.25, -0.2) is 9.97 Å². The predicted octanol–water partition coefficient (Wildman–Crippen LogP) is 4.33. The molecule has 0 radical (unpaired) electrons. The summed E-state index contributed by atoms with van der Waals surface area (Å²) in [5.74, 6) is 0.0166. The summed E-state index contributed by atoms with van der Waals surface area (Å²) in [6, 6.07) is 9.99. The van der Waals surface area contributed by atoms with Gasteiger partial charge >= 0.3 is 6.18 Å². The number of fused-ring (bicyclic) bond motifs is 1. The zero-order valence-electron chi connectivity index (χ0n) is 11.5. The van der Waals surface area contributed by atoms with Crippen molar-refractivity contribution in [3.05, 3.63) is 53.7 Å². The van der Waals surface area contributed by atoms with Gasteiger partial charge < -0.3 is 5.11 Å². The molecular weight excluding hydrogens is 293 g/mol. The van der Waals surface area contributed by atoms with Gasteiger partial charge in [0.2, 0.25) is 0 Å². The Kier molecular flexibility index (Phi) is 3.24. The highest BCUT2D eigenvalue weighted by atomic mass is 19.4. The molecule has 0 atom stereocenters. The van der Waals surface area contributed by atoms with E-state index in [-0.39, 0.29) is 16.8 Å². The van der Waals surface area contributed by atoms with E-state index in [0.29, 0.717) is 17.0 Å². The minimum atomic E-state index is -4.50. The van der Waals surface area contributed by atoms with Crippen LogP contribution in [-0.4, -0.2) is 15.1 Å². The predicted molar refractivity (Wildman–Crippen MR) is 76.4 cm³/mol. The van der Waals surface area contributed by atoms with E-state index in [1.807, 2.05) is 0 Å². The van der Waals surface area contributed by atoms with Crippen LogP contribution in [0.4, 0.5) is 13.2 Å². The van der Waals surface area contributed by atoms with E-state index in [1.165, 1.54) is 24.3 Å². The third kappa shape index (κ3) is 2.47. The maximum absolute atomic E-state index is 13.1. The molecule has 0 fully saturated rings. The van der Waals surface area contributed by atoms with Crippen molar-refractivity contribution in [2.45, 2.75) is 13.1 Å².